The van der Waals surface area contributed by atoms with Crippen molar-refractivity contribution in [2.75, 3.05) is 0 Å². The van der Waals surface area contributed by atoms with Gasteiger partial charge in [0, 0.05) is 0 Å². The fraction of sp³-hybridized carbons (Fsp3) is 0. The first kappa shape index (κ1) is 9.84. The Morgan fingerprint density at radius 1 is 1.57 bits per heavy atom. The topological polar surface area (TPSA) is 93.7 Å². The molecule has 0 aliphatic rings. The van der Waals surface area contributed by atoms with Crippen molar-refractivity contribution in [1.29, 1.82) is 5.26 Å². The van der Waals surface area contributed by atoms with Gasteiger partial charge in [-0.05, 0) is 0 Å². The van der Waals surface area contributed by atoms with Gasteiger partial charge in [-0.1, -0.05) is 0 Å². The summed E-state index contributed by atoms with van der Waals surface area (Å²) in [6.07, 6.45) is 0. The molecule has 3 N–H and O–H groups in total. The number of hydrogen-bond donors (Lipinski definition) is 3. The van der Waals surface area contributed by atoms with Crippen LogP contribution in [0.5, 0.6) is 0 Å². The second-order valence-corrected chi connectivity index (χ2v) is 0.747. The molecular weight excluding hydrogens is 122 g/mol. The summed E-state index contributed by atoms with van der Waals surface area (Å²) in [5.41, 5.74) is 0. The third-order valence-corrected chi connectivity index (χ3v) is 0.224. The van der Waals surface area contributed by atoms with E-state index in [4.69, 9.17) is 21.0 Å². The Morgan fingerprint density at radius 2 is 2.00 bits per heavy atom. The summed E-state index contributed by atoms with van der Waals surface area (Å²) >= 11 is 0.324. The third kappa shape index (κ3) is 27.3. The minimum atomic E-state index is 0.324. The fourth-order valence-corrected chi connectivity index (χ4v) is 0.0500. The van der Waals surface area contributed by atoms with Crippen LogP contribution in [0.4, 0.5) is 0 Å². The van der Waals surface area contributed by atoms with Crippen LogP contribution in [0.1, 0.15) is 0 Å². The zero-order valence-electron chi connectivity index (χ0n) is 3.11. The van der Waals surface area contributed by atoms with E-state index in [2.05, 4.69) is 4.33 Å². The predicted molar refractivity (Wildman–Crippen MR) is 22.2 cm³/mol. The van der Waals surface area contributed by atoms with Gasteiger partial charge in [-0.3, -0.25) is 10.5 Å². The van der Waals surface area contributed by atoms with Crippen molar-refractivity contribution in [3.05, 3.63) is 0 Å². The van der Waals surface area contributed by atoms with E-state index in [1.54, 1.807) is 0 Å². The molecule has 0 amide bonds. The van der Waals surface area contributed by atoms with Crippen molar-refractivity contribution in [1.82, 2.24) is 0 Å². The van der Waals surface area contributed by atoms with E-state index in [0.29, 0.717) is 12.0 Å². The largest absolute Gasteiger partial charge is 0.255 e. The van der Waals surface area contributed by atoms with Gasteiger partial charge in [-0.25, -0.2) is 5.26 Å². The summed E-state index contributed by atoms with van der Waals surface area (Å²) in [6.45, 7) is 0. The molecule has 0 aliphatic heterocycles. The van der Waals surface area contributed by atoms with Gasteiger partial charge in [-0.15, -0.1) is 0 Å². The van der Waals surface area contributed by atoms with E-state index >= 15 is 0 Å². The lowest BCUT2D eigenvalue weighted by molar-refractivity contribution is -0.176. The molecule has 0 heterocycles. The lowest BCUT2D eigenvalue weighted by Gasteiger charge is -1.67. The molecule has 5 nitrogen and oxygen atoms in total. The number of nitriles is 1. The monoisotopic (exact) mass is 125 g/mol. The molecular formula is CH3NO4S. The van der Waals surface area contributed by atoms with Gasteiger partial charge in [0.05, 0.1) is 0 Å². The summed E-state index contributed by atoms with van der Waals surface area (Å²) < 4.78 is 3.25. The molecule has 0 aliphatic carbocycles. The Kier molecular flexibility index (Phi) is 24.3. The summed E-state index contributed by atoms with van der Waals surface area (Å²) in [6, 6.07) is 0. The smallest absolute Gasteiger partial charge is 0.166 e. The molecule has 0 fully saturated rings. The Morgan fingerprint density at radius 3 is 2.00 bits per heavy atom. The van der Waals surface area contributed by atoms with Crippen LogP contribution in [0.3, 0.4) is 0 Å². The molecule has 0 radical (unpaired) electrons. The average molecular weight is 125 g/mol. The molecule has 0 aromatic carbocycles. The van der Waals surface area contributed by atoms with Gasteiger partial charge in [0.2, 0.25) is 0 Å². The molecule has 0 rings (SSSR count). The second-order valence-electron chi connectivity index (χ2n) is 0.249. The maximum absolute atomic E-state index is 7.49. The molecule has 0 aromatic heterocycles. The van der Waals surface area contributed by atoms with E-state index in [-0.39, 0.29) is 0 Å². The molecule has 0 spiro atoms. The standard InChI is InChI=1S/CHNO2S.H2O2/c2-1-5-4-3;1-2/h3H;1-2H. The average Bonchev–Trinajstić information content (AvgIpc) is 1.75. The zero-order valence-corrected chi connectivity index (χ0v) is 3.92. The highest BCUT2D eigenvalue weighted by molar-refractivity contribution is 7.99. The van der Waals surface area contributed by atoms with Crippen LogP contribution in [-0.4, -0.2) is 15.8 Å². The van der Waals surface area contributed by atoms with E-state index in [0.717, 1.165) is 0 Å². The molecule has 0 bridgehead atoms. The van der Waals surface area contributed by atoms with Crippen molar-refractivity contribution in [3.8, 4) is 5.40 Å². The summed E-state index contributed by atoms with van der Waals surface area (Å²) in [5.74, 6) is 0. The van der Waals surface area contributed by atoms with Crippen LogP contribution in [0.25, 0.3) is 0 Å². The van der Waals surface area contributed by atoms with Crippen molar-refractivity contribution in [2.24, 2.45) is 0 Å². The number of hydrogen-bond acceptors (Lipinski definition) is 6. The third-order valence-electron chi connectivity index (χ3n) is 0.0745. The molecule has 0 saturated heterocycles. The van der Waals surface area contributed by atoms with E-state index in [1.807, 2.05) is 0 Å². The van der Waals surface area contributed by atoms with E-state index in [9.17, 15) is 0 Å². The maximum Gasteiger partial charge on any atom is 0.166 e. The lowest BCUT2D eigenvalue weighted by atomic mass is 11.8. The summed E-state index contributed by atoms with van der Waals surface area (Å²) in [4.78, 5) is 0. The first-order chi connectivity index (χ1) is 3.41. The van der Waals surface area contributed by atoms with Gasteiger partial charge in [-0.2, -0.15) is 9.60 Å². The predicted octanol–water partition coefficient (Wildman–Crippen LogP) is 0.623. The van der Waals surface area contributed by atoms with Gasteiger partial charge in [0.25, 0.3) is 0 Å². The normalized spacial score (nSPS) is 5.43. The van der Waals surface area contributed by atoms with E-state index in [1.165, 1.54) is 5.40 Å². The Balaban J connectivity index is 0. The Labute approximate surface area is 43.8 Å². The molecule has 0 atom stereocenters. The summed E-state index contributed by atoms with van der Waals surface area (Å²) in [7, 11) is 0. The second kappa shape index (κ2) is 17.3. The minimum absolute atomic E-state index is 0.324. The first-order valence-corrected chi connectivity index (χ1v) is 1.72. The lowest BCUT2D eigenvalue weighted by Crippen LogP contribution is -1.55. The molecule has 0 saturated carbocycles. The Hall–Kier alpha value is -0.320. The first-order valence-electron chi connectivity index (χ1n) is 0.977. The van der Waals surface area contributed by atoms with Gasteiger partial charge < -0.3 is 0 Å². The summed E-state index contributed by atoms with van der Waals surface area (Å²) in [5, 5.41) is 28.3. The van der Waals surface area contributed by atoms with Crippen LogP contribution in [0.15, 0.2) is 0 Å². The molecule has 42 valence electrons. The maximum atomic E-state index is 7.49. The molecule has 0 aromatic rings. The Bertz CT molecular complexity index is 50.1. The van der Waals surface area contributed by atoms with Gasteiger partial charge in [0.1, 0.15) is 12.0 Å². The fourth-order valence-electron chi connectivity index (χ4n) is 0.0167. The highest BCUT2D eigenvalue weighted by Crippen LogP contribution is 1.90. The molecule has 6 heteroatoms. The van der Waals surface area contributed by atoms with Crippen LogP contribution in [0, 0.1) is 10.7 Å². The van der Waals surface area contributed by atoms with E-state index < -0.39 is 0 Å². The minimum Gasteiger partial charge on any atom is -0.255 e. The van der Waals surface area contributed by atoms with Gasteiger partial charge >= 0.3 is 0 Å². The molecule has 7 heavy (non-hydrogen) atoms. The van der Waals surface area contributed by atoms with Crippen molar-refractivity contribution in [2.45, 2.75) is 0 Å². The van der Waals surface area contributed by atoms with Crippen LogP contribution in [-0.2, 0) is 4.33 Å². The number of thiocyanates is 1. The van der Waals surface area contributed by atoms with Crippen molar-refractivity contribution < 1.29 is 20.1 Å². The molecule has 0 unspecified atom stereocenters. The number of rotatable bonds is 1. The highest BCUT2D eigenvalue weighted by atomic mass is 32.2. The van der Waals surface area contributed by atoms with Crippen LogP contribution in [0.2, 0.25) is 0 Å². The van der Waals surface area contributed by atoms with Crippen LogP contribution >= 0.6 is 12.0 Å². The highest BCUT2D eigenvalue weighted by Gasteiger charge is 1.67. The van der Waals surface area contributed by atoms with Crippen LogP contribution < -0.4 is 0 Å². The van der Waals surface area contributed by atoms with Crippen molar-refractivity contribution in [3.63, 3.8) is 0 Å². The van der Waals surface area contributed by atoms with Crippen molar-refractivity contribution >= 4 is 12.0 Å². The SMILES string of the molecule is N#CSOO.OO. The number of nitrogens with zero attached hydrogens (tertiary/aromatic N) is 1. The van der Waals surface area contributed by atoms with Gasteiger partial charge in [0.15, 0.2) is 5.40 Å². The zero-order chi connectivity index (χ0) is 6.12. The quantitative estimate of drug-likeness (QED) is 0.206.